The van der Waals surface area contributed by atoms with Gasteiger partial charge >= 0.3 is 5.69 Å². The summed E-state index contributed by atoms with van der Waals surface area (Å²) in [6.07, 6.45) is 1.25. The van der Waals surface area contributed by atoms with Crippen molar-refractivity contribution in [1.29, 1.82) is 5.26 Å². The Morgan fingerprint density at radius 2 is 1.85 bits per heavy atom. The summed E-state index contributed by atoms with van der Waals surface area (Å²) in [7, 11) is 1.56. The number of H-pyrrole nitrogens is 1. The third kappa shape index (κ3) is 2.21. The van der Waals surface area contributed by atoms with Crippen LogP contribution in [0.3, 0.4) is 0 Å². The minimum absolute atomic E-state index is 0.112. The van der Waals surface area contributed by atoms with Gasteiger partial charge in [0.2, 0.25) is 0 Å². The van der Waals surface area contributed by atoms with E-state index in [1.54, 1.807) is 25.3 Å². The zero-order chi connectivity index (χ0) is 14.9. The van der Waals surface area contributed by atoms with E-state index in [1.807, 2.05) is 13.8 Å². The first-order valence-corrected chi connectivity index (χ1v) is 5.89. The Hall–Kier alpha value is -2.81. The normalized spacial score (nSPS) is 10.1. The lowest BCUT2D eigenvalue weighted by atomic mass is 10.1. The molecule has 0 saturated carbocycles. The van der Waals surface area contributed by atoms with Gasteiger partial charge in [-0.3, -0.25) is 14.3 Å². The summed E-state index contributed by atoms with van der Waals surface area (Å²) in [5, 5.41) is 8.90. The molecule has 6 heteroatoms. The van der Waals surface area contributed by atoms with E-state index >= 15 is 0 Å². The summed E-state index contributed by atoms with van der Waals surface area (Å²) in [6, 6.07) is 5.33. The predicted octanol–water partition coefficient (Wildman–Crippen LogP) is 1.02. The quantitative estimate of drug-likeness (QED) is 0.883. The highest BCUT2D eigenvalue weighted by Gasteiger charge is 2.11. The lowest BCUT2D eigenvalue weighted by Crippen LogP contribution is -2.30. The number of nitriles is 1. The third-order valence-electron chi connectivity index (χ3n) is 3.00. The van der Waals surface area contributed by atoms with Gasteiger partial charge in [0.25, 0.3) is 5.56 Å². The first kappa shape index (κ1) is 13.6. The molecule has 2 aromatic rings. The first-order valence-electron chi connectivity index (χ1n) is 5.89. The van der Waals surface area contributed by atoms with Crippen LogP contribution < -0.4 is 16.0 Å². The molecule has 0 aliphatic heterocycles. The number of nitrogens with one attached hydrogen (secondary N) is 1. The molecule has 0 saturated heterocycles. The van der Waals surface area contributed by atoms with Crippen LogP contribution in [-0.4, -0.2) is 16.7 Å². The number of hydrogen-bond acceptors (Lipinski definition) is 4. The highest BCUT2D eigenvalue weighted by molar-refractivity contribution is 5.51. The molecule has 1 heterocycles. The van der Waals surface area contributed by atoms with E-state index < -0.39 is 11.2 Å². The van der Waals surface area contributed by atoms with Gasteiger partial charge in [0.15, 0.2) is 0 Å². The van der Waals surface area contributed by atoms with Gasteiger partial charge in [-0.2, -0.15) is 5.26 Å². The lowest BCUT2D eigenvalue weighted by molar-refractivity contribution is 0.414. The van der Waals surface area contributed by atoms with Gasteiger partial charge in [0.05, 0.1) is 12.8 Å². The average Bonchev–Trinajstić information content (AvgIpc) is 2.40. The van der Waals surface area contributed by atoms with E-state index in [-0.39, 0.29) is 5.56 Å². The van der Waals surface area contributed by atoms with Crippen molar-refractivity contribution in [3.63, 3.8) is 0 Å². The Kier molecular flexibility index (Phi) is 3.44. The topological polar surface area (TPSA) is 87.9 Å². The third-order valence-corrected chi connectivity index (χ3v) is 3.00. The summed E-state index contributed by atoms with van der Waals surface area (Å²) in [5.41, 5.74) is 0.866. The van der Waals surface area contributed by atoms with Crippen molar-refractivity contribution in [3.8, 4) is 17.5 Å². The van der Waals surface area contributed by atoms with E-state index in [9.17, 15) is 9.59 Å². The molecule has 1 aromatic heterocycles. The number of aromatic amines is 1. The molecule has 0 bridgehead atoms. The summed E-state index contributed by atoms with van der Waals surface area (Å²) < 4.78 is 6.43. The zero-order valence-corrected chi connectivity index (χ0v) is 11.4. The molecule has 0 aliphatic carbocycles. The monoisotopic (exact) mass is 271 g/mol. The number of rotatable bonds is 2. The molecular formula is C14H13N3O3. The molecule has 0 fully saturated rings. The molecule has 0 radical (unpaired) electrons. The van der Waals surface area contributed by atoms with Crippen LogP contribution in [0.5, 0.6) is 5.75 Å². The van der Waals surface area contributed by atoms with Gasteiger partial charge < -0.3 is 4.74 Å². The van der Waals surface area contributed by atoms with E-state index in [2.05, 4.69) is 4.98 Å². The fourth-order valence-corrected chi connectivity index (χ4v) is 2.13. The molecule has 0 atom stereocenters. The van der Waals surface area contributed by atoms with Crippen molar-refractivity contribution in [3.05, 3.63) is 55.9 Å². The molecular weight excluding hydrogens is 258 g/mol. The lowest BCUT2D eigenvalue weighted by Gasteiger charge is -2.14. The molecule has 1 N–H and O–H groups in total. The second kappa shape index (κ2) is 5.05. The summed E-state index contributed by atoms with van der Waals surface area (Å²) in [4.78, 5) is 25.5. The highest BCUT2D eigenvalue weighted by Crippen LogP contribution is 2.23. The molecule has 0 amide bonds. The van der Waals surface area contributed by atoms with Gasteiger partial charge in [-0.05, 0) is 37.1 Å². The standard InChI is InChI=1S/C14H13N3O3/c1-8-4-11(20-3)5-9(2)12(8)17-7-10(6-15)13(18)16-14(17)19/h4-5,7H,1-3H3,(H,16,18,19). The number of benzene rings is 1. The molecule has 20 heavy (non-hydrogen) atoms. The smallest absolute Gasteiger partial charge is 0.333 e. The maximum Gasteiger partial charge on any atom is 0.333 e. The first-order chi connectivity index (χ1) is 9.47. The van der Waals surface area contributed by atoms with Crippen molar-refractivity contribution in [2.75, 3.05) is 7.11 Å². The van der Waals surface area contributed by atoms with E-state index in [4.69, 9.17) is 10.00 Å². The van der Waals surface area contributed by atoms with Crippen LogP contribution in [-0.2, 0) is 0 Å². The van der Waals surface area contributed by atoms with Crippen molar-refractivity contribution < 1.29 is 4.74 Å². The van der Waals surface area contributed by atoms with Gasteiger partial charge in [0, 0.05) is 6.20 Å². The Morgan fingerprint density at radius 1 is 1.25 bits per heavy atom. The van der Waals surface area contributed by atoms with Gasteiger partial charge in [-0.15, -0.1) is 0 Å². The summed E-state index contributed by atoms with van der Waals surface area (Å²) in [5.74, 6) is 0.682. The second-order valence-electron chi connectivity index (χ2n) is 4.39. The molecule has 0 aliphatic rings. The molecule has 6 nitrogen and oxygen atoms in total. The highest BCUT2D eigenvalue weighted by atomic mass is 16.5. The Morgan fingerprint density at radius 3 is 2.35 bits per heavy atom. The van der Waals surface area contributed by atoms with Crippen LogP contribution in [0.15, 0.2) is 27.9 Å². The van der Waals surface area contributed by atoms with Crippen molar-refractivity contribution in [1.82, 2.24) is 9.55 Å². The number of aryl methyl sites for hydroxylation is 2. The number of aromatic nitrogens is 2. The second-order valence-corrected chi connectivity index (χ2v) is 4.39. The maximum atomic E-state index is 11.9. The molecule has 2 rings (SSSR count). The molecule has 0 unspecified atom stereocenters. The van der Waals surface area contributed by atoms with E-state index in [1.165, 1.54) is 10.8 Å². The average molecular weight is 271 g/mol. The Bertz CT molecular complexity index is 802. The van der Waals surface area contributed by atoms with Crippen LogP contribution in [0.4, 0.5) is 0 Å². The van der Waals surface area contributed by atoms with Crippen molar-refractivity contribution in [2.45, 2.75) is 13.8 Å². The molecule has 102 valence electrons. The number of ether oxygens (including phenoxy) is 1. The number of methoxy groups -OCH3 is 1. The summed E-state index contributed by atoms with van der Waals surface area (Å²) in [6.45, 7) is 3.66. The van der Waals surface area contributed by atoms with Crippen LogP contribution in [0, 0.1) is 25.2 Å². The minimum Gasteiger partial charge on any atom is -0.497 e. The SMILES string of the molecule is COc1cc(C)c(-n2cc(C#N)c(=O)[nH]c2=O)c(C)c1. The van der Waals surface area contributed by atoms with Crippen LogP contribution in [0.25, 0.3) is 5.69 Å². The summed E-state index contributed by atoms with van der Waals surface area (Å²) >= 11 is 0. The predicted molar refractivity (Wildman–Crippen MR) is 73.4 cm³/mol. The largest absolute Gasteiger partial charge is 0.497 e. The van der Waals surface area contributed by atoms with Gasteiger partial charge in [-0.1, -0.05) is 0 Å². The van der Waals surface area contributed by atoms with Crippen LogP contribution >= 0.6 is 0 Å². The van der Waals surface area contributed by atoms with Gasteiger partial charge in [0.1, 0.15) is 17.4 Å². The van der Waals surface area contributed by atoms with Crippen molar-refractivity contribution >= 4 is 0 Å². The van der Waals surface area contributed by atoms with E-state index in [0.717, 1.165) is 11.1 Å². The minimum atomic E-state index is -0.683. The molecule has 1 aromatic carbocycles. The number of hydrogen-bond donors (Lipinski definition) is 1. The fraction of sp³-hybridized carbons (Fsp3) is 0.214. The molecule has 0 spiro atoms. The zero-order valence-electron chi connectivity index (χ0n) is 11.4. The maximum absolute atomic E-state index is 11.9. The fourth-order valence-electron chi connectivity index (χ4n) is 2.13. The van der Waals surface area contributed by atoms with Crippen LogP contribution in [0.2, 0.25) is 0 Å². The Balaban J connectivity index is 2.79. The van der Waals surface area contributed by atoms with Crippen LogP contribution in [0.1, 0.15) is 16.7 Å². The number of nitrogens with zero attached hydrogens (tertiary/aromatic N) is 2. The van der Waals surface area contributed by atoms with Crippen molar-refractivity contribution in [2.24, 2.45) is 0 Å². The van der Waals surface area contributed by atoms with E-state index in [0.29, 0.717) is 11.4 Å². The Labute approximate surface area is 114 Å². The van der Waals surface area contributed by atoms with Gasteiger partial charge in [-0.25, -0.2) is 4.79 Å².